The van der Waals surface area contributed by atoms with Gasteiger partial charge in [-0.3, -0.25) is 4.79 Å². The molecule has 0 bridgehead atoms. The number of amides is 1. The molecule has 2 aromatic rings. The average molecular weight is 323 g/mol. The van der Waals surface area contributed by atoms with E-state index in [9.17, 15) is 4.79 Å². The van der Waals surface area contributed by atoms with Crippen molar-refractivity contribution >= 4 is 40.5 Å². The van der Waals surface area contributed by atoms with Crippen LogP contribution in [0.25, 0.3) is 0 Å². The summed E-state index contributed by atoms with van der Waals surface area (Å²) in [4.78, 5) is 14.0. The Morgan fingerprint density at radius 3 is 2.29 bits per heavy atom. The predicted molar refractivity (Wildman–Crippen MR) is 89.4 cm³/mol. The summed E-state index contributed by atoms with van der Waals surface area (Å²) in [6.07, 6.45) is 0.354. The average Bonchev–Trinajstić information content (AvgIpc) is 2.49. The van der Waals surface area contributed by atoms with E-state index in [1.807, 2.05) is 42.3 Å². The molecule has 1 N–H and O–H groups in total. The predicted octanol–water partition coefficient (Wildman–Crippen LogP) is 4.46. The molecular formula is C16H16Cl2N2O. The van der Waals surface area contributed by atoms with Crippen LogP contribution in [0, 0.1) is 0 Å². The van der Waals surface area contributed by atoms with Crippen LogP contribution in [0.3, 0.4) is 0 Å². The van der Waals surface area contributed by atoms with Crippen LogP contribution >= 0.6 is 23.2 Å². The van der Waals surface area contributed by atoms with E-state index in [-0.39, 0.29) is 5.91 Å². The maximum Gasteiger partial charge on any atom is 0.226 e. The number of hydrogen-bond acceptors (Lipinski definition) is 2. The number of halogens is 2. The molecule has 0 aliphatic rings. The first-order chi connectivity index (χ1) is 10.1. The first-order valence-electron chi connectivity index (χ1n) is 6.58. The van der Waals surface area contributed by atoms with Gasteiger partial charge in [-0.2, -0.15) is 0 Å². The third-order valence-electron chi connectivity index (χ3n) is 3.10. The summed E-state index contributed by atoms with van der Waals surface area (Å²) < 4.78 is 0. The standard InChI is InChI=1S/C16H16Cl2N2O/c1-20(12-6-3-2-4-7-12)11-10-15(21)19-16-13(17)8-5-9-14(16)18/h2-9H,10-11H2,1H3,(H,19,21). The summed E-state index contributed by atoms with van der Waals surface area (Å²) in [5, 5.41) is 3.63. The van der Waals surface area contributed by atoms with Crippen LogP contribution in [0.5, 0.6) is 0 Å². The number of nitrogens with zero attached hydrogens (tertiary/aromatic N) is 1. The van der Waals surface area contributed by atoms with Crippen LogP contribution in [0.4, 0.5) is 11.4 Å². The number of carbonyl (C=O) groups is 1. The summed E-state index contributed by atoms with van der Waals surface area (Å²) >= 11 is 12.0. The fourth-order valence-corrected chi connectivity index (χ4v) is 2.39. The van der Waals surface area contributed by atoms with Gasteiger partial charge in [0.25, 0.3) is 0 Å². The second-order valence-corrected chi connectivity index (χ2v) is 5.47. The molecule has 0 aliphatic carbocycles. The summed E-state index contributed by atoms with van der Waals surface area (Å²) in [5.74, 6) is -0.118. The summed E-state index contributed by atoms with van der Waals surface area (Å²) in [7, 11) is 1.95. The highest BCUT2D eigenvalue weighted by molar-refractivity contribution is 6.39. The van der Waals surface area contributed by atoms with Crippen molar-refractivity contribution in [2.45, 2.75) is 6.42 Å². The number of benzene rings is 2. The van der Waals surface area contributed by atoms with Crippen molar-refractivity contribution in [1.29, 1.82) is 0 Å². The SMILES string of the molecule is CN(CCC(=O)Nc1c(Cl)cccc1Cl)c1ccccc1. The number of carbonyl (C=O) groups excluding carboxylic acids is 1. The van der Waals surface area contributed by atoms with E-state index >= 15 is 0 Å². The zero-order valence-electron chi connectivity index (χ0n) is 11.6. The highest BCUT2D eigenvalue weighted by Crippen LogP contribution is 2.29. The Kier molecular flexibility index (Phi) is 5.48. The van der Waals surface area contributed by atoms with Crippen molar-refractivity contribution < 1.29 is 4.79 Å². The molecule has 0 heterocycles. The van der Waals surface area contributed by atoms with Crippen LogP contribution in [-0.2, 0) is 4.79 Å². The Hall–Kier alpha value is -1.71. The van der Waals surface area contributed by atoms with E-state index in [4.69, 9.17) is 23.2 Å². The molecule has 0 radical (unpaired) electrons. The van der Waals surface area contributed by atoms with Gasteiger partial charge in [-0.15, -0.1) is 0 Å². The fourth-order valence-electron chi connectivity index (χ4n) is 1.90. The van der Waals surface area contributed by atoms with Crippen molar-refractivity contribution in [1.82, 2.24) is 0 Å². The Balaban J connectivity index is 1.91. The number of rotatable bonds is 5. The normalized spacial score (nSPS) is 10.2. The fraction of sp³-hybridized carbons (Fsp3) is 0.188. The van der Waals surface area contributed by atoms with Gasteiger partial charge >= 0.3 is 0 Å². The van der Waals surface area contributed by atoms with Crippen molar-refractivity contribution in [3.8, 4) is 0 Å². The second kappa shape index (κ2) is 7.34. The molecule has 1 amide bonds. The third-order valence-corrected chi connectivity index (χ3v) is 3.73. The van der Waals surface area contributed by atoms with Crippen molar-refractivity contribution in [2.75, 3.05) is 23.8 Å². The molecule has 21 heavy (non-hydrogen) atoms. The van der Waals surface area contributed by atoms with Crippen LogP contribution in [0.1, 0.15) is 6.42 Å². The number of hydrogen-bond donors (Lipinski definition) is 1. The van der Waals surface area contributed by atoms with E-state index < -0.39 is 0 Å². The maximum atomic E-state index is 12.0. The second-order valence-electron chi connectivity index (χ2n) is 4.65. The van der Waals surface area contributed by atoms with E-state index in [0.717, 1.165) is 5.69 Å². The monoisotopic (exact) mass is 322 g/mol. The Morgan fingerprint density at radius 1 is 1.05 bits per heavy atom. The Labute approximate surface area is 134 Å². The molecule has 0 saturated carbocycles. The first kappa shape index (κ1) is 15.7. The molecule has 110 valence electrons. The minimum Gasteiger partial charge on any atom is -0.374 e. The van der Waals surface area contributed by atoms with Crippen LogP contribution < -0.4 is 10.2 Å². The zero-order chi connectivity index (χ0) is 15.2. The summed E-state index contributed by atoms with van der Waals surface area (Å²) in [6, 6.07) is 15.0. The lowest BCUT2D eigenvalue weighted by atomic mass is 10.2. The molecule has 2 rings (SSSR count). The van der Waals surface area contributed by atoms with Crippen LogP contribution in [-0.4, -0.2) is 19.5 Å². The molecule has 0 atom stereocenters. The third kappa shape index (κ3) is 4.38. The molecule has 0 aliphatic heterocycles. The van der Waals surface area contributed by atoms with E-state index in [2.05, 4.69) is 5.32 Å². The molecular weight excluding hydrogens is 307 g/mol. The lowest BCUT2D eigenvalue weighted by Crippen LogP contribution is -2.24. The molecule has 5 heteroatoms. The Bertz CT molecular complexity index is 597. The topological polar surface area (TPSA) is 32.3 Å². The van der Waals surface area contributed by atoms with Crippen LogP contribution in [0.15, 0.2) is 48.5 Å². The lowest BCUT2D eigenvalue weighted by molar-refractivity contribution is -0.116. The minimum atomic E-state index is -0.118. The van der Waals surface area contributed by atoms with Crippen molar-refractivity contribution in [3.63, 3.8) is 0 Å². The smallest absolute Gasteiger partial charge is 0.226 e. The molecule has 0 fully saturated rings. The number of anilines is 2. The molecule has 0 aromatic heterocycles. The molecule has 2 aromatic carbocycles. The highest BCUT2D eigenvalue weighted by atomic mass is 35.5. The molecule has 0 spiro atoms. The quantitative estimate of drug-likeness (QED) is 0.881. The number of nitrogens with one attached hydrogen (secondary N) is 1. The molecule has 0 saturated heterocycles. The van der Waals surface area contributed by atoms with Gasteiger partial charge in [-0.05, 0) is 24.3 Å². The van der Waals surface area contributed by atoms with Gasteiger partial charge in [0.05, 0.1) is 15.7 Å². The van der Waals surface area contributed by atoms with Gasteiger partial charge in [0.2, 0.25) is 5.91 Å². The zero-order valence-corrected chi connectivity index (χ0v) is 13.2. The van der Waals surface area contributed by atoms with Crippen LogP contribution in [0.2, 0.25) is 10.0 Å². The largest absolute Gasteiger partial charge is 0.374 e. The lowest BCUT2D eigenvalue weighted by Gasteiger charge is -2.19. The summed E-state index contributed by atoms with van der Waals surface area (Å²) in [5.41, 5.74) is 1.54. The highest BCUT2D eigenvalue weighted by Gasteiger charge is 2.10. The van der Waals surface area contributed by atoms with Gasteiger partial charge in [0.1, 0.15) is 0 Å². The van der Waals surface area contributed by atoms with Crippen molar-refractivity contribution in [2.24, 2.45) is 0 Å². The first-order valence-corrected chi connectivity index (χ1v) is 7.33. The minimum absolute atomic E-state index is 0.118. The van der Waals surface area contributed by atoms with E-state index in [0.29, 0.717) is 28.7 Å². The van der Waals surface area contributed by atoms with Gasteiger partial charge in [-0.1, -0.05) is 47.5 Å². The number of para-hydroxylation sites is 2. The molecule has 3 nitrogen and oxygen atoms in total. The van der Waals surface area contributed by atoms with Gasteiger partial charge in [-0.25, -0.2) is 0 Å². The van der Waals surface area contributed by atoms with Gasteiger partial charge in [0.15, 0.2) is 0 Å². The van der Waals surface area contributed by atoms with Gasteiger partial charge < -0.3 is 10.2 Å². The van der Waals surface area contributed by atoms with Crippen molar-refractivity contribution in [3.05, 3.63) is 58.6 Å². The van der Waals surface area contributed by atoms with E-state index in [1.165, 1.54) is 0 Å². The maximum absolute atomic E-state index is 12.0. The van der Waals surface area contributed by atoms with Gasteiger partial charge in [0, 0.05) is 25.7 Å². The summed E-state index contributed by atoms with van der Waals surface area (Å²) in [6.45, 7) is 0.609. The molecule has 0 unspecified atom stereocenters. The van der Waals surface area contributed by atoms with E-state index in [1.54, 1.807) is 18.2 Å². The Morgan fingerprint density at radius 2 is 1.67 bits per heavy atom.